The van der Waals surface area contributed by atoms with Crippen molar-refractivity contribution in [3.63, 3.8) is 0 Å². The summed E-state index contributed by atoms with van der Waals surface area (Å²) in [6.45, 7) is 4.83. The Labute approximate surface area is 122 Å². The summed E-state index contributed by atoms with van der Waals surface area (Å²) in [5, 5.41) is 11.4. The van der Waals surface area contributed by atoms with Crippen LogP contribution < -0.4 is 11.1 Å². The Balaban J connectivity index is 1.83. The second kappa shape index (κ2) is 6.47. The number of carbonyl (C=O) groups is 1. The van der Waals surface area contributed by atoms with Gasteiger partial charge in [0.2, 0.25) is 11.0 Å². The van der Waals surface area contributed by atoms with Crippen LogP contribution in [0.2, 0.25) is 0 Å². The van der Waals surface area contributed by atoms with Crippen LogP contribution in [0.3, 0.4) is 0 Å². The molecule has 1 heterocycles. The zero-order chi connectivity index (χ0) is 14.5. The second-order valence-electron chi connectivity index (χ2n) is 4.88. The molecular weight excluding hydrogens is 272 g/mol. The SMILES string of the molecule is CC(C)c1ccc(CNC(=O)Cc2nnc(N)s2)cc1. The highest BCUT2D eigenvalue weighted by atomic mass is 32.1. The fourth-order valence-electron chi connectivity index (χ4n) is 1.76. The number of nitrogens with zero attached hydrogens (tertiary/aromatic N) is 2. The van der Waals surface area contributed by atoms with Crippen molar-refractivity contribution in [2.75, 3.05) is 5.73 Å². The Hall–Kier alpha value is -1.95. The molecule has 6 heteroatoms. The van der Waals surface area contributed by atoms with Crippen molar-refractivity contribution in [2.24, 2.45) is 0 Å². The van der Waals surface area contributed by atoms with Gasteiger partial charge in [0.1, 0.15) is 5.01 Å². The van der Waals surface area contributed by atoms with Crippen LogP contribution in [0.25, 0.3) is 0 Å². The largest absolute Gasteiger partial charge is 0.374 e. The normalized spacial score (nSPS) is 10.8. The van der Waals surface area contributed by atoms with Crippen molar-refractivity contribution in [1.29, 1.82) is 0 Å². The van der Waals surface area contributed by atoms with Gasteiger partial charge < -0.3 is 11.1 Å². The highest BCUT2D eigenvalue weighted by molar-refractivity contribution is 7.15. The first-order valence-corrected chi connectivity index (χ1v) is 7.29. The van der Waals surface area contributed by atoms with Crippen LogP contribution in [-0.4, -0.2) is 16.1 Å². The Kier molecular flexibility index (Phi) is 4.68. The molecule has 5 nitrogen and oxygen atoms in total. The number of nitrogens with one attached hydrogen (secondary N) is 1. The topological polar surface area (TPSA) is 80.9 Å². The molecule has 1 aromatic carbocycles. The lowest BCUT2D eigenvalue weighted by molar-refractivity contribution is -0.120. The van der Waals surface area contributed by atoms with E-state index in [1.54, 1.807) is 0 Å². The monoisotopic (exact) mass is 290 g/mol. The number of benzene rings is 1. The number of hydrogen-bond donors (Lipinski definition) is 2. The molecule has 3 N–H and O–H groups in total. The molecule has 1 amide bonds. The van der Waals surface area contributed by atoms with Crippen LogP contribution >= 0.6 is 11.3 Å². The lowest BCUT2D eigenvalue weighted by Gasteiger charge is -2.07. The van der Waals surface area contributed by atoms with Gasteiger partial charge >= 0.3 is 0 Å². The van der Waals surface area contributed by atoms with Gasteiger partial charge in [-0.3, -0.25) is 4.79 Å². The molecular formula is C14H18N4OS. The molecule has 0 aliphatic carbocycles. The van der Waals surface area contributed by atoms with E-state index < -0.39 is 0 Å². The van der Waals surface area contributed by atoms with Gasteiger partial charge in [-0.25, -0.2) is 0 Å². The van der Waals surface area contributed by atoms with Gasteiger partial charge in [-0.15, -0.1) is 10.2 Å². The number of nitrogens with two attached hydrogens (primary N) is 1. The first-order valence-electron chi connectivity index (χ1n) is 6.48. The van der Waals surface area contributed by atoms with E-state index in [2.05, 4.69) is 41.5 Å². The van der Waals surface area contributed by atoms with Gasteiger partial charge in [0.15, 0.2) is 0 Å². The summed E-state index contributed by atoms with van der Waals surface area (Å²) >= 11 is 1.24. The second-order valence-corrected chi connectivity index (χ2v) is 5.98. The molecule has 2 aromatic rings. The zero-order valence-electron chi connectivity index (χ0n) is 11.6. The van der Waals surface area contributed by atoms with E-state index in [-0.39, 0.29) is 12.3 Å². The van der Waals surface area contributed by atoms with E-state index in [9.17, 15) is 4.79 Å². The molecule has 0 atom stereocenters. The maximum Gasteiger partial charge on any atom is 0.227 e. The smallest absolute Gasteiger partial charge is 0.227 e. The minimum Gasteiger partial charge on any atom is -0.374 e. The first-order chi connectivity index (χ1) is 9.54. The maximum atomic E-state index is 11.8. The van der Waals surface area contributed by atoms with Crippen molar-refractivity contribution in [1.82, 2.24) is 15.5 Å². The van der Waals surface area contributed by atoms with Crippen molar-refractivity contribution < 1.29 is 4.79 Å². The predicted molar refractivity (Wildman–Crippen MR) is 80.4 cm³/mol. The molecule has 0 unspecified atom stereocenters. The van der Waals surface area contributed by atoms with Crippen LogP contribution in [0.5, 0.6) is 0 Å². The molecule has 1 aromatic heterocycles. The summed E-state index contributed by atoms with van der Waals surface area (Å²) in [6, 6.07) is 8.27. The van der Waals surface area contributed by atoms with E-state index in [1.807, 2.05) is 12.1 Å². The molecule has 0 fully saturated rings. The third-order valence-corrected chi connectivity index (χ3v) is 3.68. The predicted octanol–water partition coefficient (Wildman–Crippen LogP) is 2.10. The summed E-state index contributed by atoms with van der Waals surface area (Å²) < 4.78 is 0. The third kappa shape index (κ3) is 4.03. The first kappa shape index (κ1) is 14.5. The van der Waals surface area contributed by atoms with E-state index in [0.717, 1.165) is 5.56 Å². The minimum absolute atomic E-state index is 0.0749. The fourth-order valence-corrected chi connectivity index (χ4v) is 2.37. The summed E-state index contributed by atoms with van der Waals surface area (Å²) in [7, 11) is 0. The molecule has 0 aliphatic heterocycles. The molecule has 0 bridgehead atoms. The van der Waals surface area contributed by atoms with E-state index >= 15 is 0 Å². The number of amides is 1. The van der Waals surface area contributed by atoms with Gasteiger partial charge in [0, 0.05) is 6.54 Å². The summed E-state index contributed by atoms with van der Waals surface area (Å²) in [4.78, 5) is 11.8. The molecule has 0 aliphatic rings. The molecule has 0 spiro atoms. The lowest BCUT2D eigenvalue weighted by atomic mass is 10.0. The van der Waals surface area contributed by atoms with Crippen LogP contribution in [0.15, 0.2) is 24.3 Å². The average Bonchev–Trinajstić information content (AvgIpc) is 2.82. The highest BCUT2D eigenvalue weighted by Crippen LogP contribution is 2.15. The van der Waals surface area contributed by atoms with Crippen LogP contribution in [0, 0.1) is 0 Å². The maximum absolute atomic E-state index is 11.8. The van der Waals surface area contributed by atoms with Crippen molar-refractivity contribution in [3.8, 4) is 0 Å². The number of nitrogen functional groups attached to an aromatic ring is 1. The van der Waals surface area contributed by atoms with Crippen molar-refractivity contribution in [3.05, 3.63) is 40.4 Å². The Morgan fingerprint density at radius 2 is 2.00 bits per heavy atom. The van der Waals surface area contributed by atoms with E-state index in [1.165, 1.54) is 16.9 Å². The Morgan fingerprint density at radius 3 is 2.55 bits per heavy atom. The standard InChI is InChI=1S/C14H18N4OS/c1-9(2)11-5-3-10(4-6-11)8-16-12(19)7-13-17-18-14(15)20-13/h3-6,9H,7-8H2,1-2H3,(H2,15,18)(H,16,19). The highest BCUT2D eigenvalue weighted by Gasteiger charge is 2.08. The third-order valence-electron chi connectivity index (χ3n) is 2.93. The molecule has 0 radical (unpaired) electrons. The minimum atomic E-state index is -0.0749. The van der Waals surface area contributed by atoms with Crippen molar-refractivity contribution in [2.45, 2.75) is 32.7 Å². The van der Waals surface area contributed by atoms with Gasteiger partial charge in [-0.2, -0.15) is 0 Å². The van der Waals surface area contributed by atoms with Crippen LogP contribution in [-0.2, 0) is 17.8 Å². The molecule has 106 valence electrons. The Morgan fingerprint density at radius 1 is 1.30 bits per heavy atom. The fraction of sp³-hybridized carbons (Fsp3) is 0.357. The summed E-state index contributed by atoms with van der Waals surface area (Å²) in [6.07, 6.45) is 0.221. The number of aromatic nitrogens is 2. The molecule has 20 heavy (non-hydrogen) atoms. The van der Waals surface area contributed by atoms with Gasteiger partial charge in [0.05, 0.1) is 6.42 Å². The average molecular weight is 290 g/mol. The number of carbonyl (C=O) groups excluding carboxylic acids is 1. The zero-order valence-corrected chi connectivity index (χ0v) is 12.4. The van der Waals surface area contributed by atoms with Gasteiger partial charge in [-0.05, 0) is 17.0 Å². The summed E-state index contributed by atoms with van der Waals surface area (Å²) in [5.74, 6) is 0.440. The lowest BCUT2D eigenvalue weighted by Crippen LogP contribution is -2.24. The van der Waals surface area contributed by atoms with Gasteiger partial charge in [-0.1, -0.05) is 49.4 Å². The number of anilines is 1. The molecule has 0 saturated carbocycles. The van der Waals surface area contributed by atoms with E-state index in [0.29, 0.717) is 22.6 Å². The molecule has 0 saturated heterocycles. The Bertz CT molecular complexity index is 577. The summed E-state index contributed by atoms with van der Waals surface area (Å²) in [5.41, 5.74) is 7.85. The van der Waals surface area contributed by atoms with Gasteiger partial charge in [0.25, 0.3) is 0 Å². The van der Waals surface area contributed by atoms with Crippen LogP contribution in [0.1, 0.15) is 35.9 Å². The molecule has 2 rings (SSSR count). The van der Waals surface area contributed by atoms with E-state index in [4.69, 9.17) is 5.73 Å². The number of hydrogen-bond acceptors (Lipinski definition) is 5. The van der Waals surface area contributed by atoms with Crippen molar-refractivity contribution >= 4 is 22.4 Å². The number of rotatable bonds is 5. The quantitative estimate of drug-likeness (QED) is 0.883. The van der Waals surface area contributed by atoms with Crippen LogP contribution in [0.4, 0.5) is 5.13 Å².